The lowest BCUT2D eigenvalue weighted by molar-refractivity contribution is 0.306. The summed E-state index contributed by atoms with van der Waals surface area (Å²) < 4.78 is 2.26. The van der Waals surface area contributed by atoms with E-state index >= 15 is 0 Å². The number of hydrogen-bond donors (Lipinski definition) is 2. The molecule has 3 heterocycles. The van der Waals surface area contributed by atoms with Crippen LogP contribution in [0.5, 0.6) is 0 Å². The second-order valence-corrected chi connectivity index (χ2v) is 7.57. The summed E-state index contributed by atoms with van der Waals surface area (Å²) in [6.07, 6.45) is 3.60. The van der Waals surface area contributed by atoms with Gasteiger partial charge in [-0.15, -0.1) is 5.53 Å². The number of benzene rings is 2. The zero-order chi connectivity index (χ0) is 20.3. The lowest BCUT2D eigenvalue weighted by Gasteiger charge is -2.19. The standard InChI is InChI=1S/C22H23N7/c1-13-11-14(2)20(15(3)12-13)29-18-8-6-5-7-17(18)19-21(24-16(4)25-22(19)29)27-9-10-28(23)26-27/h5-12,26H,23H2,1-4H3. The normalized spacial score (nSPS) is 14.0. The van der Waals surface area contributed by atoms with Gasteiger partial charge >= 0.3 is 0 Å². The number of hydrogen-bond acceptors (Lipinski definition) is 6. The summed E-state index contributed by atoms with van der Waals surface area (Å²) in [7, 11) is 0. The summed E-state index contributed by atoms with van der Waals surface area (Å²) in [6.45, 7) is 8.35. The van der Waals surface area contributed by atoms with E-state index < -0.39 is 0 Å². The molecule has 1 aliphatic rings. The molecule has 0 unspecified atom stereocenters. The number of aromatic nitrogens is 3. The first-order chi connectivity index (χ1) is 13.9. The van der Waals surface area contributed by atoms with Crippen LogP contribution in [0.1, 0.15) is 22.5 Å². The zero-order valence-electron chi connectivity index (χ0n) is 16.9. The molecule has 5 rings (SSSR count). The molecule has 2 aromatic carbocycles. The molecule has 146 valence electrons. The van der Waals surface area contributed by atoms with Gasteiger partial charge in [0.2, 0.25) is 0 Å². The molecule has 0 aliphatic carbocycles. The Hall–Kier alpha value is -3.42. The van der Waals surface area contributed by atoms with E-state index in [2.05, 4.69) is 61.2 Å². The van der Waals surface area contributed by atoms with Crippen LogP contribution in [-0.2, 0) is 0 Å². The monoisotopic (exact) mass is 385 g/mol. The van der Waals surface area contributed by atoms with Crippen molar-refractivity contribution < 1.29 is 0 Å². The average molecular weight is 385 g/mol. The number of nitrogens with two attached hydrogens (primary N) is 1. The van der Waals surface area contributed by atoms with Crippen molar-refractivity contribution in [2.45, 2.75) is 27.7 Å². The van der Waals surface area contributed by atoms with Crippen molar-refractivity contribution in [2.24, 2.45) is 5.84 Å². The van der Waals surface area contributed by atoms with Gasteiger partial charge in [-0.3, -0.25) is 4.57 Å². The lowest BCUT2D eigenvalue weighted by atomic mass is 10.0. The predicted molar refractivity (Wildman–Crippen MR) is 116 cm³/mol. The highest BCUT2D eigenvalue weighted by Gasteiger charge is 2.24. The van der Waals surface area contributed by atoms with Gasteiger partial charge in [0, 0.05) is 11.6 Å². The molecule has 0 saturated heterocycles. The van der Waals surface area contributed by atoms with Gasteiger partial charge in [-0.25, -0.2) is 25.9 Å². The molecule has 4 aromatic rings. The fraction of sp³-hybridized carbons (Fsp3) is 0.182. The molecule has 0 fully saturated rings. The van der Waals surface area contributed by atoms with Crippen molar-refractivity contribution in [1.82, 2.24) is 25.2 Å². The van der Waals surface area contributed by atoms with E-state index in [4.69, 9.17) is 15.8 Å². The van der Waals surface area contributed by atoms with E-state index in [-0.39, 0.29) is 0 Å². The van der Waals surface area contributed by atoms with Crippen molar-refractivity contribution in [3.8, 4) is 5.69 Å². The lowest BCUT2D eigenvalue weighted by Crippen LogP contribution is -2.43. The minimum atomic E-state index is 0.699. The van der Waals surface area contributed by atoms with Crippen LogP contribution in [-0.4, -0.2) is 19.7 Å². The smallest absolute Gasteiger partial charge is 0.162 e. The van der Waals surface area contributed by atoms with Crippen LogP contribution in [0.25, 0.3) is 27.6 Å². The zero-order valence-corrected chi connectivity index (χ0v) is 16.9. The van der Waals surface area contributed by atoms with Gasteiger partial charge < -0.3 is 0 Å². The van der Waals surface area contributed by atoms with Crippen molar-refractivity contribution in [3.63, 3.8) is 0 Å². The third-order valence-electron chi connectivity index (χ3n) is 5.30. The van der Waals surface area contributed by atoms with Crippen LogP contribution in [0.2, 0.25) is 0 Å². The summed E-state index contributed by atoms with van der Waals surface area (Å²) in [5.74, 6) is 7.32. The van der Waals surface area contributed by atoms with Gasteiger partial charge in [0.05, 0.1) is 22.8 Å². The van der Waals surface area contributed by atoms with E-state index in [1.807, 2.05) is 24.2 Å². The molecule has 0 bridgehead atoms. The van der Waals surface area contributed by atoms with Crippen LogP contribution in [0.3, 0.4) is 0 Å². The first-order valence-electron chi connectivity index (χ1n) is 9.58. The molecule has 3 N–H and O–H groups in total. The quantitative estimate of drug-likeness (QED) is 0.513. The molecular weight excluding hydrogens is 362 g/mol. The van der Waals surface area contributed by atoms with Gasteiger partial charge in [0.15, 0.2) is 11.5 Å². The number of para-hydroxylation sites is 1. The third-order valence-corrected chi connectivity index (χ3v) is 5.30. The Balaban J connectivity index is 1.93. The topological polar surface area (TPSA) is 75.2 Å². The molecule has 0 radical (unpaired) electrons. The Morgan fingerprint density at radius 2 is 1.66 bits per heavy atom. The molecule has 7 heteroatoms. The second kappa shape index (κ2) is 6.30. The minimum Gasteiger partial charge on any atom is -0.293 e. The van der Waals surface area contributed by atoms with Gasteiger partial charge in [-0.05, 0) is 44.9 Å². The molecule has 2 aromatic heterocycles. The van der Waals surface area contributed by atoms with Crippen LogP contribution in [0.15, 0.2) is 48.8 Å². The molecule has 1 aliphatic heterocycles. The fourth-order valence-corrected chi connectivity index (χ4v) is 4.31. The van der Waals surface area contributed by atoms with Gasteiger partial charge in [0.25, 0.3) is 0 Å². The van der Waals surface area contributed by atoms with Crippen LogP contribution < -0.4 is 16.4 Å². The van der Waals surface area contributed by atoms with Crippen molar-refractivity contribution in [1.29, 1.82) is 0 Å². The summed E-state index contributed by atoms with van der Waals surface area (Å²) in [4.78, 5) is 9.61. The maximum atomic E-state index is 5.85. The molecule has 0 spiro atoms. The van der Waals surface area contributed by atoms with Crippen molar-refractivity contribution >= 4 is 27.8 Å². The van der Waals surface area contributed by atoms with E-state index in [1.165, 1.54) is 21.8 Å². The van der Waals surface area contributed by atoms with Crippen LogP contribution in [0, 0.1) is 27.7 Å². The second-order valence-electron chi connectivity index (χ2n) is 7.57. The number of hydrazine groups is 3. The van der Waals surface area contributed by atoms with E-state index in [1.54, 1.807) is 6.20 Å². The summed E-state index contributed by atoms with van der Waals surface area (Å²) in [5.41, 5.74) is 9.91. The van der Waals surface area contributed by atoms with Crippen molar-refractivity contribution in [2.75, 3.05) is 5.01 Å². The van der Waals surface area contributed by atoms with Gasteiger partial charge in [-0.1, -0.05) is 35.9 Å². The van der Waals surface area contributed by atoms with Crippen molar-refractivity contribution in [3.05, 3.63) is 71.3 Å². The Morgan fingerprint density at radius 1 is 0.931 bits per heavy atom. The van der Waals surface area contributed by atoms with Gasteiger partial charge in [0.1, 0.15) is 5.82 Å². The predicted octanol–water partition coefficient (Wildman–Crippen LogP) is 3.69. The maximum Gasteiger partial charge on any atom is 0.162 e. The fourth-order valence-electron chi connectivity index (χ4n) is 4.31. The highest BCUT2D eigenvalue weighted by Crippen LogP contribution is 2.38. The average Bonchev–Trinajstić information content (AvgIpc) is 3.23. The Morgan fingerprint density at radius 3 is 2.34 bits per heavy atom. The Bertz CT molecular complexity index is 1280. The molecule has 0 atom stereocenters. The molecular formula is C22H23N7. The Labute approximate surface area is 169 Å². The first kappa shape index (κ1) is 17.7. The maximum absolute atomic E-state index is 5.85. The summed E-state index contributed by atoms with van der Waals surface area (Å²) >= 11 is 0. The highest BCUT2D eigenvalue weighted by atomic mass is 15.9. The van der Waals surface area contributed by atoms with Crippen LogP contribution >= 0.6 is 0 Å². The molecule has 0 saturated carbocycles. The first-order valence-corrected chi connectivity index (χ1v) is 9.58. The number of aryl methyl sites for hydroxylation is 4. The van der Waals surface area contributed by atoms with Crippen LogP contribution in [0.4, 0.5) is 5.82 Å². The Kier molecular flexibility index (Phi) is 3.84. The van der Waals surface area contributed by atoms with Gasteiger partial charge in [-0.2, -0.15) is 0 Å². The van der Waals surface area contributed by atoms with E-state index in [9.17, 15) is 0 Å². The van der Waals surface area contributed by atoms with E-state index in [0.717, 1.165) is 33.4 Å². The minimum absolute atomic E-state index is 0.699. The SMILES string of the molecule is Cc1cc(C)c(-n2c3ccccc3c3c(N4C=CN(N)N4)nc(C)nc32)c(C)c1. The summed E-state index contributed by atoms with van der Waals surface area (Å²) in [6, 6.07) is 12.8. The number of fused-ring (bicyclic) bond motifs is 3. The third kappa shape index (κ3) is 2.66. The number of nitrogens with one attached hydrogen (secondary N) is 1. The van der Waals surface area contributed by atoms with E-state index in [0.29, 0.717) is 5.82 Å². The molecule has 0 amide bonds. The largest absolute Gasteiger partial charge is 0.293 e. The number of rotatable bonds is 2. The number of nitrogens with zero attached hydrogens (tertiary/aromatic N) is 5. The molecule has 7 nitrogen and oxygen atoms in total. The summed E-state index contributed by atoms with van der Waals surface area (Å²) in [5, 5.41) is 5.31. The molecule has 29 heavy (non-hydrogen) atoms. The number of anilines is 1. The highest BCUT2D eigenvalue weighted by molar-refractivity contribution is 6.13.